The normalized spacial score (nSPS) is 29.2. The Hall–Kier alpha value is -0.640. The quantitative estimate of drug-likeness (QED) is 0.869. The maximum absolute atomic E-state index is 10.6. The van der Waals surface area contributed by atoms with Gasteiger partial charge in [-0.1, -0.05) is 11.6 Å². The van der Waals surface area contributed by atoms with E-state index in [9.17, 15) is 5.11 Å². The van der Waals surface area contributed by atoms with Crippen molar-refractivity contribution in [3.05, 3.63) is 29.0 Å². The number of nitrogens with zero attached hydrogens (tertiary/aromatic N) is 1. The van der Waals surface area contributed by atoms with Crippen LogP contribution in [-0.4, -0.2) is 28.8 Å². The average molecular weight is 255 g/mol. The van der Waals surface area contributed by atoms with Gasteiger partial charge >= 0.3 is 0 Å². The predicted molar refractivity (Wildman–Crippen MR) is 69.2 cm³/mol. The van der Waals surface area contributed by atoms with Crippen LogP contribution in [0.1, 0.15) is 31.2 Å². The zero-order valence-electron chi connectivity index (χ0n) is 10.1. The first-order valence-electron chi connectivity index (χ1n) is 6.11. The summed E-state index contributed by atoms with van der Waals surface area (Å²) in [6.45, 7) is 0. The molecule has 4 heteroatoms. The number of nitrogens with one attached hydrogen (secondary N) is 1. The van der Waals surface area contributed by atoms with E-state index in [1.807, 2.05) is 13.1 Å². The van der Waals surface area contributed by atoms with E-state index in [0.717, 1.165) is 31.2 Å². The summed E-state index contributed by atoms with van der Waals surface area (Å²) < 4.78 is 0. The zero-order chi connectivity index (χ0) is 12.3. The molecule has 3 nitrogen and oxygen atoms in total. The summed E-state index contributed by atoms with van der Waals surface area (Å²) in [7, 11) is 1.98. The maximum atomic E-state index is 10.6. The second kappa shape index (κ2) is 5.34. The van der Waals surface area contributed by atoms with Crippen LogP contribution >= 0.6 is 11.6 Å². The monoisotopic (exact) mass is 254 g/mol. The zero-order valence-corrected chi connectivity index (χ0v) is 10.9. The van der Waals surface area contributed by atoms with Crippen molar-refractivity contribution in [1.29, 1.82) is 0 Å². The lowest BCUT2D eigenvalue weighted by Crippen LogP contribution is -2.41. The fraction of sp³-hybridized carbons (Fsp3) is 0.615. The number of rotatable bonds is 3. The van der Waals surface area contributed by atoms with E-state index in [1.165, 1.54) is 0 Å². The van der Waals surface area contributed by atoms with Crippen LogP contribution in [0, 0.1) is 0 Å². The molecule has 94 valence electrons. The number of aromatic nitrogens is 1. The van der Waals surface area contributed by atoms with Gasteiger partial charge in [0.2, 0.25) is 0 Å². The molecule has 1 aromatic heterocycles. The van der Waals surface area contributed by atoms with E-state index in [4.69, 9.17) is 11.6 Å². The molecule has 1 aliphatic carbocycles. The Labute approximate surface area is 107 Å². The van der Waals surface area contributed by atoms with Gasteiger partial charge in [-0.15, -0.1) is 0 Å². The third-order valence-corrected chi connectivity index (χ3v) is 4.04. The van der Waals surface area contributed by atoms with Gasteiger partial charge in [0.15, 0.2) is 0 Å². The van der Waals surface area contributed by atoms with Crippen molar-refractivity contribution in [2.45, 2.75) is 43.7 Å². The van der Waals surface area contributed by atoms with Crippen molar-refractivity contribution >= 4 is 11.6 Å². The van der Waals surface area contributed by atoms with Crippen LogP contribution in [0.5, 0.6) is 0 Å². The predicted octanol–water partition coefficient (Wildman–Crippen LogP) is 2.17. The summed E-state index contributed by atoms with van der Waals surface area (Å²) in [6, 6.07) is 2.44. The molecule has 1 fully saturated rings. The van der Waals surface area contributed by atoms with Crippen molar-refractivity contribution < 1.29 is 5.11 Å². The van der Waals surface area contributed by atoms with Crippen LogP contribution < -0.4 is 5.32 Å². The van der Waals surface area contributed by atoms with Gasteiger partial charge in [-0.2, -0.15) is 0 Å². The molecule has 0 aromatic carbocycles. The van der Waals surface area contributed by atoms with E-state index in [0.29, 0.717) is 17.5 Å². The average Bonchev–Trinajstić information content (AvgIpc) is 2.33. The first-order valence-corrected chi connectivity index (χ1v) is 6.49. The van der Waals surface area contributed by atoms with Crippen LogP contribution in [0.4, 0.5) is 0 Å². The second-order valence-corrected chi connectivity index (χ2v) is 5.34. The highest BCUT2D eigenvalue weighted by Crippen LogP contribution is 2.32. The van der Waals surface area contributed by atoms with E-state index < -0.39 is 5.60 Å². The first kappa shape index (κ1) is 12.8. The van der Waals surface area contributed by atoms with Crippen LogP contribution in [0.15, 0.2) is 18.5 Å². The SMILES string of the molecule is CNC1CCC(O)(Cc2ccncc2Cl)CC1. The molecule has 1 saturated carbocycles. The van der Waals surface area contributed by atoms with E-state index >= 15 is 0 Å². The summed E-state index contributed by atoms with van der Waals surface area (Å²) in [6.07, 6.45) is 7.70. The summed E-state index contributed by atoms with van der Waals surface area (Å²) in [4.78, 5) is 3.96. The molecule has 1 aromatic rings. The minimum absolute atomic E-state index is 0.545. The molecule has 0 amide bonds. The van der Waals surface area contributed by atoms with Crippen LogP contribution in [0.3, 0.4) is 0 Å². The molecule has 0 spiro atoms. The molecule has 0 radical (unpaired) electrons. The molecule has 17 heavy (non-hydrogen) atoms. The Balaban J connectivity index is 2.01. The van der Waals surface area contributed by atoms with Crippen LogP contribution in [-0.2, 0) is 6.42 Å². The van der Waals surface area contributed by atoms with Gasteiger partial charge in [-0.05, 0) is 44.4 Å². The second-order valence-electron chi connectivity index (χ2n) is 4.93. The summed E-state index contributed by atoms with van der Waals surface area (Å²) >= 11 is 6.08. The molecule has 1 aliphatic rings. The smallest absolute Gasteiger partial charge is 0.0689 e. The van der Waals surface area contributed by atoms with Crippen molar-refractivity contribution in [2.24, 2.45) is 0 Å². The van der Waals surface area contributed by atoms with Crippen LogP contribution in [0.25, 0.3) is 0 Å². The molecule has 0 bridgehead atoms. The highest BCUT2D eigenvalue weighted by atomic mass is 35.5. The molecule has 2 rings (SSSR count). The van der Waals surface area contributed by atoms with Gasteiger partial charge in [0.1, 0.15) is 0 Å². The largest absolute Gasteiger partial charge is 0.390 e. The first-order chi connectivity index (χ1) is 8.13. The van der Waals surface area contributed by atoms with Crippen molar-refractivity contribution in [1.82, 2.24) is 10.3 Å². The number of pyridine rings is 1. The lowest BCUT2D eigenvalue weighted by molar-refractivity contribution is -0.00242. The Morgan fingerprint density at radius 1 is 1.53 bits per heavy atom. The lowest BCUT2D eigenvalue weighted by atomic mass is 9.78. The fourth-order valence-electron chi connectivity index (χ4n) is 2.52. The Morgan fingerprint density at radius 3 is 2.82 bits per heavy atom. The van der Waals surface area contributed by atoms with Gasteiger partial charge in [0.25, 0.3) is 0 Å². The number of halogens is 1. The molecule has 0 saturated heterocycles. The van der Waals surface area contributed by atoms with Gasteiger partial charge in [0.05, 0.1) is 10.6 Å². The van der Waals surface area contributed by atoms with Crippen LogP contribution in [0.2, 0.25) is 5.02 Å². The molecular formula is C13H19ClN2O. The van der Waals surface area contributed by atoms with Crippen molar-refractivity contribution in [3.63, 3.8) is 0 Å². The summed E-state index contributed by atoms with van der Waals surface area (Å²) in [5, 5.41) is 14.5. The maximum Gasteiger partial charge on any atom is 0.0689 e. The molecule has 0 unspecified atom stereocenters. The third-order valence-electron chi connectivity index (χ3n) is 3.70. The van der Waals surface area contributed by atoms with E-state index in [-0.39, 0.29) is 0 Å². The lowest BCUT2D eigenvalue weighted by Gasteiger charge is -2.36. The number of hydrogen-bond donors (Lipinski definition) is 2. The highest BCUT2D eigenvalue weighted by Gasteiger charge is 2.33. The van der Waals surface area contributed by atoms with Crippen molar-refractivity contribution in [3.8, 4) is 0 Å². The number of aliphatic hydroxyl groups is 1. The molecule has 2 N–H and O–H groups in total. The molecule has 0 atom stereocenters. The minimum atomic E-state index is -0.599. The standard InChI is InChI=1S/C13H19ClN2O/c1-15-11-2-5-13(17,6-3-11)8-10-4-7-16-9-12(10)14/h4,7,9,11,15,17H,2-3,5-6,8H2,1H3. The molecule has 1 heterocycles. The third kappa shape index (κ3) is 3.18. The van der Waals surface area contributed by atoms with Gasteiger partial charge in [-0.3, -0.25) is 4.98 Å². The molecular weight excluding hydrogens is 236 g/mol. The van der Waals surface area contributed by atoms with Gasteiger partial charge < -0.3 is 10.4 Å². The molecule has 0 aliphatic heterocycles. The highest BCUT2D eigenvalue weighted by molar-refractivity contribution is 6.31. The van der Waals surface area contributed by atoms with Gasteiger partial charge in [-0.25, -0.2) is 0 Å². The Morgan fingerprint density at radius 2 is 2.24 bits per heavy atom. The van der Waals surface area contributed by atoms with Gasteiger partial charge in [0, 0.05) is 24.9 Å². The summed E-state index contributed by atoms with van der Waals surface area (Å²) in [5.41, 5.74) is 0.394. The minimum Gasteiger partial charge on any atom is -0.390 e. The topological polar surface area (TPSA) is 45.1 Å². The fourth-order valence-corrected chi connectivity index (χ4v) is 2.71. The Bertz CT molecular complexity index is 375. The summed E-state index contributed by atoms with van der Waals surface area (Å²) in [5.74, 6) is 0. The van der Waals surface area contributed by atoms with E-state index in [2.05, 4.69) is 10.3 Å². The van der Waals surface area contributed by atoms with E-state index in [1.54, 1.807) is 12.4 Å². The Kier molecular flexibility index (Phi) is 4.02. The number of hydrogen-bond acceptors (Lipinski definition) is 3. The van der Waals surface area contributed by atoms with Crippen molar-refractivity contribution in [2.75, 3.05) is 7.05 Å².